The van der Waals surface area contributed by atoms with E-state index in [-0.39, 0.29) is 5.56 Å². The summed E-state index contributed by atoms with van der Waals surface area (Å²) in [6, 6.07) is 18.5. The van der Waals surface area contributed by atoms with Crippen molar-refractivity contribution in [1.82, 2.24) is 4.98 Å². The molecule has 5 nitrogen and oxygen atoms in total. The van der Waals surface area contributed by atoms with Crippen molar-refractivity contribution in [3.8, 4) is 16.3 Å². The number of nitrogens with zero attached hydrogens (tertiary/aromatic N) is 1. The fourth-order valence-electron chi connectivity index (χ4n) is 2.87. The van der Waals surface area contributed by atoms with Crippen LogP contribution in [0, 0.1) is 5.82 Å². The molecule has 0 saturated carbocycles. The lowest BCUT2D eigenvalue weighted by Crippen LogP contribution is -2.15. The number of sulfonamides is 1. The molecule has 0 bridgehead atoms. The van der Waals surface area contributed by atoms with Gasteiger partial charge in [-0.2, -0.15) is 0 Å². The Bertz CT molecular complexity index is 1270. The number of aromatic nitrogens is 1. The normalized spacial score (nSPS) is 11.5. The Balaban J connectivity index is 1.52. The highest BCUT2D eigenvalue weighted by atomic mass is 32.2. The van der Waals surface area contributed by atoms with Crippen LogP contribution >= 0.6 is 11.3 Å². The predicted octanol–water partition coefficient (Wildman–Crippen LogP) is 5.05. The van der Waals surface area contributed by atoms with Crippen LogP contribution in [0.3, 0.4) is 0 Å². The van der Waals surface area contributed by atoms with Crippen LogP contribution in [0.2, 0.25) is 0 Å². The van der Waals surface area contributed by atoms with Gasteiger partial charge < -0.3 is 4.74 Å². The molecule has 8 heteroatoms. The van der Waals surface area contributed by atoms with Gasteiger partial charge in [-0.1, -0.05) is 18.2 Å². The van der Waals surface area contributed by atoms with Crippen molar-refractivity contribution in [1.29, 1.82) is 0 Å². The molecule has 4 aromatic rings. The number of ether oxygens (including phenoxy) is 1. The molecule has 29 heavy (non-hydrogen) atoms. The van der Waals surface area contributed by atoms with Crippen molar-refractivity contribution in [2.45, 2.75) is 5.75 Å². The first kappa shape index (κ1) is 19.4. The van der Waals surface area contributed by atoms with Crippen LogP contribution in [0.4, 0.5) is 10.1 Å². The quantitative estimate of drug-likeness (QED) is 0.466. The second-order valence-corrected chi connectivity index (χ2v) is 9.14. The summed E-state index contributed by atoms with van der Waals surface area (Å²) in [7, 11) is -2.11. The second-order valence-electron chi connectivity index (χ2n) is 6.38. The van der Waals surface area contributed by atoms with Crippen molar-refractivity contribution in [3.63, 3.8) is 0 Å². The van der Waals surface area contributed by atoms with E-state index in [1.165, 1.54) is 29.5 Å². The fraction of sp³-hybridized carbons (Fsp3) is 0.0952. The SMILES string of the molecule is COc1ccc2nc(-c3ccc(NS(=O)(=O)Cc4ccccc4F)cc3)sc2c1. The number of hydrogen-bond acceptors (Lipinski definition) is 5. The average Bonchev–Trinajstić information content (AvgIpc) is 3.13. The number of benzene rings is 3. The number of nitrogens with one attached hydrogen (secondary N) is 1. The van der Waals surface area contributed by atoms with E-state index in [1.54, 1.807) is 37.4 Å². The zero-order valence-electron chi connectivity index (χ0n) is 15.4. The summed E-state index contributed by atoms with van der Waals surface area (Å²) in [4.78, 5) is 4.61. The van der Waals surface area contributed by atoms with E-state index in [2.05, 4.69) is 9.71 Å². The van der Waals surface area contributed by atoms with Gasteiger partial charge in [0.1, 0.15) is 16.6 Å². The van der Waals surface area contributed by atoms with Crippen LogP contribution in [0.1, 0.15) is 5.56 Å². The fourth-order valence-corrected chi connectivity index (χ4v) is 5.08. The zero-order chi connectivity index (χ0) is 20.4. The summed E-state index contributed by atoms with van der Waals surface area (Å²) >= 11 is 1.53. The average molecular weight is 429 g/mol. The minimum absolute atomic E-state index is 0.126. The third-order valence-electron chi connectivity index (χ3n) is 4.30. The maximum Gasteiger partial charge on any atom is 0.237 e. The highest BCUT2D eigenvalue weighted by Crippen LogP contribution is 2.32. The van der Waals surface area contributed by atoms with Crippen LogP contribution in [0.15, 0.2) is 66.7 Å². The van der Waals surface area contributed by atoms with Gasteiger partial charge in [0, 0.05) is 16.8 Å². The van der Waals surface area contributed by atoms with Gasteiger partial charge >= 0.3 is 0 Å². The molecule has 0 aliphatic carbocycles. The highest BCUT2D eigenvalue weighted by Gasteiger charge is 2.15. The molecule has 0 unspecified atom stereocenters. The Morgan fingerprint density at radius 3 is 2.55 bits per heavy atom. The molecular weight excluding hydrogens is 411 g/mol. The molecule has 148 valence electrons. The first-order valence-corrected chi connectivity index (χ1v) is 11.2. The molecule has 0 atom stereocenters. The predicted molar refractivity (Wildman–Crippen MR) is 114 cm³/mol. The van der Waals surface area contributed by atoms with Crippen LogP contribution < -0.4 is 9.46 Å². The van der Waals surface area contributed by atoms with Crippen molar-refractivity contribution >= 4 is 37.3 Å². The molecule has 0 saturated heterocycles. The molecule has 0 radical (unpaired) electrons. The summed E-state index contributed by atoms with van der Waals surface area (Å²) in [6.45, 7) is 0. The van der Waals surface area contributed by atoms with E-state index in [0.717, 1.165) is 26.5 Å². The van der Waals surface area contributed by atoms with Gasteiger partial charge in [0.05, 0.1) is 23.1 Å². The Labute approximate surface area is 171 Å². The summed E-state index contributed by atoms with van der Waals surface area (Å²) in [6.07, 6.45) is 0. The molecule has 1 N–H and O–H groups in total. The summed E-state index contributed by atoms with van der Waals surface area (Å²) in [5.74, 6) is -0.200. The smallest absolute Gasteiger partial charge is 0.237 e. The summed E-state index contributed by atoms with van der Waals surface area (Å²) < 4.78 is 47.2. The summed E-state index contributed by atoms with van der Waals surface area (Å²) in [5, 5.41) is 0.828. The van der Waals surface area contributed by atoms with Crippen LogP contribution in [-0.2, 0) is 15.8 Å². The molecule has 1 aromatic heterocycles. The number of methoxy groups -OCH3 is 1. The van der Waals surface area contributed by atoms with E-state index in [9.17, 15) is 12.8 Å². The van der Waals surface area contributed by atoms with Crippen molar-refractivity contribution < 1.29 is 17.5 Å². The van der Waals surface area contributed by atoms with Crippen molar-refractivity contribution in [3.05, 3.63) is 78.1 Å². The van der Waals surface area contributed by atoms with E-state index in [1.807, 2.05) is 18.2 Å². The molecule has 0 fully saturated rings. The molecule has 4 rings (SSSR count). The number of anilines is 1. The Kier molecular flexibility index (Phi) is 5.21. The summed E-state index contributed by atoms with van der Waals surface area (Å²) in [5.41, 5.74) is 2.29. The molecule has 0 amide bonds. The number of thiazole rings is 1. The first-order chi connectivity index (χ1) is 13.9. The van der Waals surface area contributed by atoms with E-state index in [0.29, 0.717) is 5.69 Å². The minimum atomic E-state index is -3.73. The third kappa shape index (κ3) is 4.38. The molecule has 1 heterocycles. The zero-order valence-corrected chi connectivity index (χ0v) is 17.1. The minimum Gasteiger partial charge on any atom is -0.497 e. The van der Waals surface area contributed by atoms with Gasteiger partial charge in [-0.3, -0.25) is 4.72 Å². The number of fused-ring (bicyclic) bond motifs is 1. The van der Waals surface area contributed by atoms with Gasteiger partial charge in [0.25, 0.3) is 0 Å². The molecule has 0 aliphatic heterocycles. The lowest BCUT2D eigenvalue weighted by molar-refractivity contribution is 0.415. The Hall–Kier alpha value is -2.97. The standard InChI is InChI=1S/C21H17FN2O3S2/c1-27-17-10-11-19-20(12-17)28-21(23-19)14-6-8-16(9-7-14)24-29(25,26)13-15-4-2-3-5-18(15)22/h2-12,24H,13H2,1H3. The van der Waals surface area contributed by atoms with E-state index in [4.69, 9.17) is 4.74 Å². The maximum absolute atomic E-state index is 13.7. The van der Waals surface area contributed by atoms with Gasteiger partial charge in [-0.25, -0.2) is 17.8 Å². The highest BCUT2D eigenvalue weighted by molar-refractivity contribution is 7.91. The van der Waals surface area contributed by atoms with Crippen molar-refractivity contribution in [2.24, 2.45) is 0 Å². The van der Waals surface area contributed by atoms with Crippen LogP contribution in [-0.4, -0.2) is 20.5 Å². The van der Waals surface area contributed by atoms with Gasteiger partial charge in [-0.15, -0.1) is 11.3 Å². The first-order valence-electron chi connectivity index (χ1n) is 8.72. The monoisotopic (exact) mass is 428 g/mol. The number of hydrogen-bond donors (Lipinski definition) is 1. The largest absolute Gasteiger partial charge is 0.497 e. The number of halogens is 1. The molecule has 3 aromatic carbocycles. The number of rotatable bonds is 6. The third-order valence-corrected chi connectivity index (χ3v) is 6.61. The van der Waals surface area contributed by atoms with Gasteiger partial charge in [0.2, 0.25) is 10.0 Å². The molecule has 0 spiro atoms. The van der Waals surface area contributed by atoms with E-state index < -0.39 is 21.6 Å². The van der Waals surface area contributed by atoms with Crippen molar-refractivity contribution in [2.75, 3.05) is 11.8 Å². The maximum atomic E-state index is 13.7. The second kappa shape index (κ2) is 7.81. The lowest BCUT2D eigenvalue weighted by atomic mass is 10.2. The van der Waals surface area contributed by atoms with Crippen LogP contribution in [0.5, 0.6) is 5.75 Å². The van der Waals surface area contributed by atoms with Crippen LogP contribution in [0.25, 0.3) is 20.8 Å². The Morgan fingerprint density at radius 2 is 1.83 bits per heavy atom. The van der Waals surface area contributed by atoms with Gasteiger partial charge in [-0.05, 0) is 48.5 Å². The van der Waals surface area contributed by atoms with Gasteiger partial charge in [0.15, 0.2) is 0 Å². The van der Waals surface area contributed by atoms with E-state index >= 15 is 0 Å². The Morgan fingerprint density at radius 1 is 1.07 bits per heavy atom. The molecule has 0 aliphatic rings. The topological polar surface area (TPSA) is 68.3 Å². The molecular formula is C21H17FN2O3S2. The lowest BCUT2D eigenvalue weighted by Gasteiger charge is -2.09.